The van der Waals surface area contributed by atoms with E-state index in [1.54, 1.807) is 45.0 Å². The van der Waals surface area contributed by atoms with Crippen LogP contribution in [-0.2, 0) is 9.47 Å². The average Bonchev–Trinajstić information content (AvgIpc) is 2.69. The van der Waals surface area contributed by atoms with Gasteiger partial charge < -0.3 is 9.47 Å². The van der Waals surface area contributed by atoms with Crippen LogP contribution in [0.2, 0.25) is 0 Å². The largest absolute Gasteiger partial charge is 0.443 e. The average molecular weight is 437 g/mol. The number of carbonyl (C=O) groups is 1. The Labute approximate surface area is 180 Å². The highest BCUT2D eigenvalue weighted by Crippen LogP contribution is 2.33. The Morgan fingerprint density at radius 3 is 2.13 bits per heavy atom. The number of nitrogens with one attached hydrogen (secondary N) is 1. The summed E-state index contributed by atoms with van der Waals surface area (Å²) in [7, 11) is 0. The molecule has 0 saturated carbocycles. The van der Waals surface area contributed by atoms with Crippen LogP contribution in [0.25, 0.3) is 0 Å². The van der Waals surface area contributed by atoms with Crippen molar-refractivity contribution < 1.29 is 23.0 Å². The molecular weight excluding hydrogens is 410 g/mol. The summed E-state index contributed by atoms with van der Waals surface area (Å²) in [6.45, 7) is 7.01. The normalized spacial score (nSPS) is 17.7. The highest BCUT2D eigenvalue weighted by Gasteiger charge is 2.31. The van der Waals surface area contributed by atoms with E-state index in [2.05, 4.69) is 4.72 Å². The number of morpholine rings is 1. The van der Waals surface area contributed by atoms with Crippen LogP contribution >= 0.6 is 12.1 Å². The molecule has 1 heterocycles. The van der Waals surface area contributed by atoms with E-state index in [0.717, 1.165) is 11.1 Å². The van der Waals surface area contributed by atoms with Gasteiger partial charge in [-0.2, -0.15) is 0 Å². The van der Waals surface area contributed by atoms with Gasteiger partial charge in [0.1, 0.15) is 17.2 Å². The lowest BCUT2D eigenvalue weighted by molar-refractivity contribution is -0.00740. The molecule has 162 valence electrons. The number of nitrogens with zero attached hydrogens (tertiary/aromatic N) is 1. The van der Waals surface area contributed by atoms with E-state index in [9.17, 15) is 13.6 Å². The minimum atomic E-state index is -0.575. The van der Waals surface area contributed by atoms with Crippen molar-refractivity contribution in [3.8, 4) is 0 Å². The topological polar surface area (TPSA) is 50.8 Å². The molecule has 2 aromatic rings. The Bertz CT molecular complexity index is 795. The maximum atomic E-state index is 13.5. The van der Waals surface area contributed by atoms with E-state index in [1.165, 1.54) is 36.4 Å². The molecule has 2 aromatic carbocycles. The van der Waals surface area contributed by atoms with Crippen molar-refractivity contribution in [2.75, 3.05) is 19.7 Å². The standard InChI is InChI=1S/C22H26F2N2O3S/c1-22(2,3)29-21(27)25-30-26-12-13-28-19(14-26)20(15-4-8-17(23)9-5-15)16-6-10-18(24)11-7-16/h4-11,19-20H,12-14H2,1-3H3,(H,25,27). The third-order valence-corrected chi connectivity index (χ3v) is 5.39. The van der Waals surface area contributed by atoms with Crippen molar-refractivity contribution in [2.45, 2.75) is 38.4 Å². The molecule has 1 unspecified atom stereocenters. The molecule has 5 nitrogen and oxygen atoms in total. The fourth-order valence-electron chi connectivity index (χ4n) is 3.30. The maximum Gasteiger partial charge on any atom is 0.418 e. The lowest BCUT2D eigenvalue weighted by atomic mass is 9.86. The van der Waals surface area contributed by atoms with Crippen LogP contribution in [0.3, 0.4) is 0 Å². The molecule has 1 fully saturated rings. The molecule has 1 N–H and O–H groups in total. The van der Waals surface area contributed by atoms with Crippen molar-refractivity contribution in [3.63, 3.8) is 0 Å². The predicted octanol–water partition coefficient (Wildman–Crippen LogP) is 4.89. The van der Waals surface area contributed by atoms with E-state index in [-0.39, 0.29) is 23.7 Å². The third-order valence-electron chi connectivity index (χ3n) is 4.54. The lowest BCUT2D eigenvalue weighted by Gasteiger charge is -2.36. The number of halogens is 2. The summed E-state index contributed by atoms with van der Waals surface area (Å²) in [5, 5.41) is 0. The highest BCUT2D eigenvalue weighted by molar-refractivity contribution is 7.95. The molecule has 0 aromatic heterocycles. The summed E-state index contributed by atoms with van der Waals surface area (Å²) >= 11 is 1.17. The zero-order chi connectivity index (χ0) is 21.7. The van der Waals surface area contributed by atoms with Crippen LogP contribution in [-0.4, -0.2) is 41.8 Å². The number of benzene rings is 2. The van der Waals surface area contributed by atoms with Crippen LogP contribution in [0.1, 0.15) is 37.8 Å². The smallest absolute Gasteiger partial charge is 0.418 e. The minimum Gasteiger partial charge on any atom is -0.443 e. The molecule has 3 rings (SSSR count). The van der Waals surface area contributed by atoms with E-state index in [4.69, 9.17) is 9.47 Å². The second-order valence-electron chi connectivity index (χ2n) is 8.07. The van der Waals surface area contributed by atoms with Gasteiger partial charge in [-0.1, -0.05) is 24.3 Å². The first-order chi connectivity index (χ1) is 14.2. The SMILES string of the molecule is CC(C)(C)OC(=O)NSN1CCOC(C(c2ccc(F)cc2)c2ccc(F)cc2)C1. The second-order valence-corrected chi connectivity index (χ2v) is 8.98. The van der Waals surface area contributed by atoms with Crippen molar-refractivity contribution in [1.82, 2.24) is 9.03 Å². The predicted molar refractivity (Wildman–Crippen MR) is 113 cm³/mol. The van der Waals surface area contributed by atoms with Crippen molar-refractivity contribution in [3.05, 3.63) is 71.3 Å². The summed E-state index contributed by atoms with van der Waals surface area (Å²) < 4.78 is 42.9. The Morgan fingerprint density at radius 1 is 1.10 bits per heavy atom. The van der Waals surface area contributed by atoms with Crippen LogP contribution in [0.15, 0.2) is 48.5 Å². The monoisotopic (exact) mass is 436 g/mol. The zero-order valence-electron chi connectivity index (χ0n) is 17.2. The molecule has 1 amide bonds. The molecule has 8 heteroatoms. The molecular formula is C22H26F2N2O3S. The molecule has 0 aliphatic carbocycles. The van der Waals surface area contributed by atoms with Gasteiger partial charge in [-0.05, 0) is 56.2 Å². The molecule has 1 saturated heterocycles. The molecule has 1 aliphatic heterocycles. The second kappa shape index (κ2) is 9.76. The van der Waals surface area contributed by atoms with E-state index >= 15 is 0 Å². The molecule has 1 aliphatic rings. The minimum absolute atomic E-state index is 0.212. The first-order valence-electron chi connectivity index (χ1n) is 9.75. The first kappa shape index (κ1) is 22.5. The Kier molecular flexibility index (Phi) is 7.33. The van der Waals surface area contributed by atoms with Gasteiger partial charge in [0.05, 0.1) is 12.7 Å². The number of hydrogen-bond acceptors (Lipinski definition) is 5. The number of carbonyl (C=O) groups excluding carboxylic acids is 1. The van der Waals surface area contributed by atoms with Crippen LogP contribution < -0.4 is 4.72 Å². The fraction of sp³-hybridized carbons (Fsp3) is 0.409. The lowest BCUT2D eigenvalue weighted by Crippen LogP contribution is -2.44. The van der Waals surface area contributed by atoms with Gasteiger partial charge in [-0.15, -0.1) is 0 Å². The van der Waals surface area contributed by atoms with Crippen LogP contribution in [0.4, 0.5) is 13.6 Å². The van der Waals surface area contributed by atoms with Crippen molar-refractivity contribution in [1.29, 1.82) is 0 Å². The summed E-state index contributed by atoms with van der Waals surface area (Å²) in [5.41, 5.74) is 1.17. The van der Waals surface area contributed by atoms with Gasteiger partial charge in [0.2, 0.25) is 0 Å². The summed E-state index contributed by atoms with van der Waals surface area (Å²) in [6.07, 6.45) is -0.772. The van der Waals surface area contributed by atoms with Crippen molar-refractivity contribution in [2.24, 2.45) is 0 Å². The fourth-order valence-corrected chi connectivity index (χ4v) is 3.93. The molecule has 1 atom stereocenters. The molecule has 0 spiro atoms. The Morgan fingerprint density at radius 2 is 1.63 bits per heavy atom. The van der Waals surface area contributed by atoms with E-state index in [1.807, 2.05) is 4.31 Å². The molecule has 0 radical (unpaired) electrons. The van der Waals surface area contributed by atoms with Gasteiger partial charge in [0.15, 0.2) is 0 Å². The number of rotatable bonds is 5. The van der Waals surface area contributed by atoms with Gasteiger partial charge >= 0.3 is 6.09 Å². The van der Waals surface area contributed by atoms with Crippen molar-refractivity contribution >= 4 is 18.2 Å². The number of amides is 1. The summed E-state index contributed by atoms with van der Waals surface area (Å²) in [4.78, 5) is 11.9. The summed E-state index contributed by atoms with van der Waals surface area (Å²) in [5.74, 6) is -0.851. The van der Waals surface area contributed by atoms with Gasteiger partial charge in [-0.25, -0.2) is 17.9 Å². The maximum absolute atomic E-state index is 13.5. The first-order valence-corrected chi connectivity index (χ1v) is 10.5. The Balaban J connectivity index is 1.74. The molecule has 0 bridgehead atoms. The number of ether oxygens (including phenoxy) is 2. The Hall–Kier alpha value is -2.16. The molecule has 30 heavy (non-hydrogen) atoms. The third kappa shape index (κ3) is 6.42. The van der Waals surface area contributed by atoms with Gasteiger partial charge in [0.25, 0.3) is 0 Å². The quantitative estimate of drug-likeness (QED) is 0.677. The van der Waals surface area contributed by atoms with Crippen LogP contribution in [0.5, 0.6) is 0 Å². The summed E-state index contributed by atoms with van der Waals surface area (Å²) in [6, 6.07) is 12.5. The van der Waals surface area contributed by atoms with Gasteiger partial charge in [-0.3, -0.25) is 4.72 Å². The zero-order valence-corrected chi connectivity index (χ0v) is 18.0. The van der Waals surface area contributed by atoms with Gasteiger partial charge in [0, 0.05) is 31.1 Å². The number of hydrogen-bond donors (Lipinski definition) is 1. The van der Waals surface area contributed by atoms with Crippen LogP contribution in [0, 0.1) is 11.6 Å². The highest BCUT2D eigenvalue weighted by atomic mass is 32.2. The van der Waals surface area contributed by atoms with E-state index < -0.39 is 11.7 Å². The van der Waals surface area contributed by atoms with E-state index in [0.29, 0.717) is 19.7 Å².